The largest absolute Gasteiger partial charge is 0.324 e. The molecule has 0 amide bonds. The number of hydrogen-bond donors (Lipinski definition) is 1. The zero-order chi connectivity index (χ0) is 11.5. The van der Waals surface area contributed by atoms with Crippen LogP contribution in [-0.4, -0.2) is 0 Å². The summed E-state index contributed by atoms with van der Waals surface area (Å²) in [5.41, 5.74) is 8.77. The van der Waals surface area contributed by atoms with Crippen molar-refractivity contribution >= 4 is 11.6 Å². The molecule has 0 heterocycles. The number of hydrogen-bond acceptors (Lipinski definition) is 1. The van der Waals surface area contributed by atoms with E-state index in [0.717, 1.165) is 17.4 Å². The molecule has 1 unspecified atom stereocenters. The van der Waals surface area contributed by atoms with Gasteiger partial charge in [0.15, 0.2) is 0 Å². The van der Waals surface area contributed by atoms with E-state index in [1.165, 1.54) is 36.8 Å². The molecule has 16 heavy (non-hydrogen) atoms. The van der Waals surface area contributed by atoms with Gasteiger partial charge in [-0.1, -0.05) is 43.4 Å². The maximum Gasteiger partial charge on any atom is 0.0409 e. The molecule has 0 bridgehead atoms. The molecular weight excluding hydrogens is 218 g/mol. The first-order valence-corrected chi connectivity index (χ1v) is 6.56. The van der Waals surface area contributed by atoms with Crippen LogP contribution in [0, 0.1) is 12.8 Å². The minimum atomic E-state index is 0.154. The first kappa shape index (κ1) is 11.9. The van der Waals surface area contributed by atoms with Crippen LogP contribution in [0.3, 0.4) is 0 Å². The highest BCUT2D eigenvalue weighted by atomic mass is 35.5. The van der Waals surface area contributed by atoms with Crippen LogP contribution in [0.25, 0.3) is 0 Å². The van der Waals surface area contributed by atoms with Crippen LogP contribution >= 0.6 is 11.6 Å². The molecule has 0 aromatic heterocycles. The average molecular weight is 238 g/mol. The summed E-state index contributed by atoms with van der Waals surface area (Å²) in [7, 11) is 0. The van der Waals surface area contributed by atoms with Crippen LogP contribution in [0.2, 0.25) is 5.02 Å². The fourth-order valence-electron chi connectivity index (χ4n) is 2.74. The van der Waals surface area contributed by atoms with Crippen molar-refractivity contribution in [3.63, 3.8) is 0 Å². The Morgan fingerprint density at radius 1 is 1.38 bits per heavy atom. The zero-order valence-corrected chi connectivity index (χ0v) is 10.6. The number of halogens is 1. The molecule has 2 N–H and O–H groups in total. The Morgan fingerprint density at radius 3 is 2.75 bits per heavy atom. The molecule has 1 atom stereocenters. The van der Waals surface area contributed by atoms with Gasteiger partial charge < -0.3 is 5.73 Å². The Hall–Kier alpha value is -0.530. The van der Waals surface area contributed by atoms with Crippen molar-refractivity contribution in [3.8, 4) is 0 Å². The van der Waals surface area contributed by atoms with Crippen molar-refractivity contribution in [1.29, 1.82) is 0 Å². The van der Waals surface area contributed by atoms with Crippen molar-refractivity contribution in [2.45, 2.75) is 45.1 Å². The van der Waals surface area contributed by atoms with E-state index >= 15 is 0 Å². The van der Waals surface area contributed by atoms with Crippen molar-refractivity contribution < 1.29 is 0 Å². The normalized spacial score (nSPS) is 18.9. The molecule has 1 aliphatic rings. The fraction of sp³-hybridized carbons (Fsp3) is 0.571. The van der Waals surface area contributed by atoms with Crippen LogP contribution in [-0.2, 0) is 0 Å². The summed E-state index contributed by atoms with van der Waals surface area (Å²) in [5, 5.41) is 0.794. The van der Waals surface area contributed by atoms with Gasteiger partial charge in [-0.05, 0) is 42.5 Å². The number of benzene rings is 1. The smallest absolute Gasteiger partial charge is 0.0409 e. The minimum Gasteiger partial charge on any atom is -0.324 e. The highest BCUT2D eigenvalue weighted by Crippen LogP contribution is 2.33. The summed E-state index contributed by atoms with van der Waals surface area (Å²) in [6.07, 6.45) is 6.58. The van der Waals surface area contributed by atoms with Gasteiger partial charge >= 0.3 is 0 Å². The van der Waals surface area contributed by atoms with Gasteiger partial charge in [0, 0.05) is 11.1 Å². The van der Waals surface area contributed by atoms with Crippen LogP contribution < -0.4 is 5.73 Å². The van der Waals surface area contributed by atoms with Gasteiger partial charge in [-0.25, -0.2) is 0 Å². The third-order valence-corrected chi connectivity index (χ3v) is 3.94. The molecule has 2 heteroatoms. The zero-order valence-electron chi connectivity index (χ0n) is 9.88. The maximum absolute atomic E-state index is 6.29. The molecule has 1 nitrogen and oxygen atoms in total. The molecule has 0 saturated heterocycles. The Labute approximate surface area is 103 Å². The van der Waals surface area contributed by atoms with Gasteiger partial charge in [0.05, 0.1) is 0 Å². The van der Waals surface area contributed by atoms with E-state index in [-0.39, 0.29) is 6.04 Å². The molecule has 0 aliphatic heterocycles. The van der Waals surface area contributed by atoms with Crippen LogP contribution in [0.15, 0.2) is 18.2 Å². The topological polar surface area (TPSA) is 26.0 Å². The third kappa shape index (κ3) is 2.78. The van der Waals surface area contributed by atoms with Gasteiger partial charge in [0.25, 0.3) is 0 Å². The summed E-state index contributed by atoms with van der Waals surface area (Å²) in [5.74, 6) is 0.827. The standard InChI is InChI=1S/C14H20ClN/c1-10-6-7-12(15)9-13(10)14(16)8-11-4-2-3-5-11/h6-7,9,11,14H,2-5,8,16H2,1H3. The number of nitrogens with two attached hydrogens (primary N) is 1. The first-order valence-electron chi connectivity index (χ1n) is 6.18. The van der Waals surface area contributed by atoms with Gasteiger partial charge in [-0.2, -0.15) is 0 Å². The summed E-state index contributed by atoms with van der Waals surface area (Å²) in [6, 6.07) is 6.17. The quantitative estimate of drug-likeness (QED) is 0.837. The molecule has 0 radical (unpaired) electrons. The highest BCUT2D eigenvalue weighted by Gasteiger charge is 2.19. The van der Waals surface area contributed by atoms with E-state index in [1.54, 1.807) is 0 Å². The Kier molecular flexibility index (Phi) is 3.88. The molecule has 1 aromatic carbocycles. The van der Waals surface area contributed by atoms with Gasteiger partial charge in [-0.15, -0.1) is 0 Å². The second kappa shape index (κ2) is 5.20. The molecular formula is C14H20ClN. The number of aryl methyl sites for hydroxylation is 1. The predicted octanol–water partition coefficient (Wildman–Crippen LogP) is 4.23. The van der Waals surface area contributed by atoms with Crippen molar-refractivity contribution in [2.24, 2.45) is 11.7 Å². The molecule has 2 rings (SSSR count). The minimum absolute atomic E-state index is 0.154. The number of rotatable bonds is 3. The van der Waals surface area contributed by atoms with E-state index in [9.17, 15) is 0 Å². The molecule has 88 valence electrons. The Morgan fingerprint density at radius 2 is 2.06 bits per heavy atom. The summed E-state index contributed by atoms with van der Waals surface area (Å²) >= 11 is 6.02. The monoisotopic (exact) mass is 237 g/mol. The molecule has 0 spiro atoms. The van der Waals surface area contributed by atoms with E-state index in [4.69, 9.17) is 17.3 Å². The van der Waals surface area contributed by atoms with E-state index in [0.29, 0.717) is 0 Å². The SMILES string of the molecule is Cc1ccc(Cl)cc1C(N)CC1CCCC1. The third-order valence-electron chi connectivity index (χ3n) is 3.70. The van der Waals surface area contributed by atoms with E-state index < -0.39 is 0 Å². The molecule has 1 aliphatic carbocycles. The van der Waals surface area contributed by atoms with Gasteiger partial charge in [-0.3, -0.25) is 0 Å². The van der Waals surface area contributed by atoms with E-state index in [2.05, 4.69) is 13.0 Å². The Balaban J connectivity index is 2.07. The van der Waals surface area contributed by atoms with Gasteiger partial charge in [0.1, 0.15) is 0 Å². The van der Waals surface area contributed by atoms with Crippen LogP contribution in [0.4, 0.5) is 0 Å². The lowest BCUT2D eigenvalue weighted by Crippen LogP contribution is -2.15. The maximum atomic E-state index is 6.29. The summed E-state index contributed by atoms with van der Waals surface area (Å²) < 4.78 is 0. The lowest BCUT2D eigenvalue weighted by Gasteiger charge is -2.18. The van der Waals surface area contributed by atoms with E-state index in [1.807, 2.05) is 12.1 Å². The van der Waals surface area contributed by atoms with Crippen molar-refractivity contribution in [3.05, 3.63) is 34.3 Å². The second-order valence-electron chi connectivity index (χ2n) is 4.99. The van der Waals surface area contributed by atoms with Crippen LogP contribution in [0.1, 0.15) is 49.3 Å². The predicted molar refractivity (Wildman–Crippen MR) is 69.7 cm³/mol. The second-order valence-corrected chi connectivity index (χ2v) is 5.43. The molecule has 1 saturated carbocycles. The summed E-state index contributed by atoms with van der Waals surface area (Å²) in [6.45, 7) is 2.11. The van der Waals surface area contributed by atoms with Crippen molar-refractivity contribution in [2.75, 3.05) is 0 Å². The highest BCUT2D eigenvalue weighted by molar-refractivity contribution is 6.30. The van der Waals surface area contributed by atoms with Crippen LogP contribution in [0.5, 0.6) is 0 Å². The summed E-state index contributed by atoms with van der Waals surface area (Å²) in [4.78, 5) is 0. The first-order chi connectivity index (χ1) is 7.66. The Bertz CT molecular complexity index is 356. The molecule has 1 aromatic rings. The van der Waals surface area contributed by atoms with Gasteiger partial charge in [0.2, 0.25) is 0 Å². The van der Waals surface area contributed by atoms with Crippen molar-refractivity contribution in [1.82, 2.24) is 0 Å². The average Bonchev–Trinajstić information content (AvgIpc) is 2.74. The fourth-order valence-corrected chi connectivity index (χ4v) is 2.92. The molecule has 1 fully saturated rings. The lowest BCUT2D eigenvalue weighted by atomic mass is 9.92. The lowest BCUT2D eigenvalue weighted by molar-refractivity contribution is 0.450.